The molecule has 0 fully saturated rings. The molecule has 0 aliphatic carbocycles. The molecule has 0 bridgehead atoms. The Morgan fingerprint density at radius 3 is 2.68 bits per heavy atom. The van der Waals surface area contributed by atoms with Gasteiger partial charge < -0.3 is 10.6 Å². The highest BCUT2D eigenvalue weighted by atomic mass is 16.2. The maximum Gasteiger partial charge on any atom is 0.243 e. The SMILES string of the molecule is Cc1cnn(CCC(=O)NCC(=O)Nc2cccc3ccccc23)c1. The first kappa shape index (κ1) is 16.7. The van der Waals surface area contributed by atoms with Crippen LogP contribution in [0.2, 0.25) is 0 Å². The fourth-order valence-electron chi connectivity index (χ4n) is 2.60. The monoisotopic (exact) mass is 336 g/mol. The molecular formula is C19H20N4O2. The van der Waals surface area contributed by atoms with Crippen LogP contribution in [0.4, 0.5) is 5.69 Å². The molecule has 2 N–H and O–H groups in total. The minimum atomic E-state index is -0.250. The number of aromatic nitrogens is 2. The predicted octanol–water partition coefficient (Wildman–Crippen LogP) is 2.49. The Balaban J connectivity index is 1.49. The van der Waals surface area contributed by atoms with Crippen molar-refractivity contribution in [1.82, 2.24) is 15.1 Å². The minimum absolute atomic E-state index is 0.0554. The van der Waals surface area contributed by atoms with Gasteiger partial charge in [0.15, 0.2) is 0 Å². The number of aryl methyl sites for hydroxylation is 2. The van der Waals surface area contributed by atoms with E-state index in [4.69, 9.17) is 0 Å². The van der Waals surface area contributed by atoms with Crippen molar-refractivity contribution in [2.24, 2.45) is 0 Å². The van der Waals surface area contributed by atoms with Crippen LogP contribution < -0.4 is 10.6 Å². The summed E-state index contributed by atoms with van der Waals surface area (Å²) in [6, 6.07) is 13.6. The Hall–Kier alpha value is -3.15. The lowest BCUT2D eigenvalue weighted by molar-refractivity contribution is -0.124. The zero-order valence-corrected chi connectivity index (χ0v) is 14.0. The summed E-state index contributed by atoms with van der Waals surface area (Å²) in [7, 11) is 0. The molecule has 2 aromatic carbocycles. The zero-order chi connectivity index (χ0) is 17.6. The molecule has 3 rings (SSSR count). The molecular weight excluding hydrogens is 316 g/mol. The topological polar surface area (TPSA) is 76.0 Å². The number of fused-ring (bicyclic) bond motifs is 1. The van der Waals surface area contributed by atoms with Crippen molar-refractivity contribution in [3.63, 3.8) is 0 Å². The van der Waals surface area contributed by atoms with Crippen LogP contribution in [0.5, 0.6) is 0 Å². The van der Waals surface area contributed by atoms with Crippen molar-refractivity contribution < 1.29 is 9.59 Å². The van der Waals surface area contributed by atoms with Crippen molar-refractivity contribution in [2.75, 3.05) is 11.9 Å². The highest BCUT2D eigenvalue weighted by Gasteiger charge is 2.08. The summed E-state index contributed by atoms with van der Waals surface area (Å²) in [4.78, 5) is 24.0. The maximum absolute atomic E-state index is 12.1. The number of carbonyl (C=O) groups excluding carboxylic acids is 2. The molecule has 0 saturated carbocycles. The van der Waals surface area contributed by atoms with E-state index in [-0.39, 0.29) is 24.8 Å². The largest absolute Gasteiger partial charge is 0.347 e. The van der Waals surface area contributed by atoms with Crippen LogP contribution >= 0.6 is 0 Å². The molecule has 0 aliphatic heterocycles. The van der Waals surface area contributed by atoms with Gasteiger partial charge in [-0.2, -0.15) is 5.10 Å². The third-order valence-corrected chi connectivity index (χ3v) is 3.84. The summed E-state index contributed by atoms with van der Waals surface area (Å²) >= 11 is 0. The third-order valence-electron chi connectivity index (χ3n) is 3.84. The second-order valence-electron chi connectivity index (χ2n) is 5.88. The molecule has 0 unspecified atom stereocenters. The highest BCUT2D eigenvalue weighted by Crippen LogP contribution is 2.22. The van der Waals surface area contributed by atoms with E-state index in [1.807, 2.05) is 55.6 Å². The second-order valence-corrected chi connectivity index (χ2v) is 5.88. The van der Waals surface area contributed by atoms with Gasteiger partial charge in [-0.1, -0.05) is 36.4 Å². The van der Waals surface area contributed by atoms with Crippen LogP contribution in [0.15, 0.2) is 54.9 Å². The predicted molar refractivity (Wildman–Crippen MR) is 97.2 cm³/mol. The van der Waals surface area contributed by atoms with E-state index < -0.39 is 0 Å². The summed E-state index contributed by atoms with van der Waals surface area (Å²) in [5.74, 6) is -0.430. The van der Waals surface area contributed by atoms with Crippen LogP contribution in [-0.4, -0.2) is 28.1 Å². The number of hydrogen-bond donors (Lipinski definition) is 2. The lowest BCUT2D eigenvalue weighted by atomic mass is 10.1. The number of rotatable bonds is 6. The summed E-state index contributed by atoms with van der Waals surface area (Å²) in [6.45, 7) is 2.38. The molecule has 0 radical (unpaired) electrons. The van der Waals surface area contributed by atoms with Crippen molar-refractivity contribution in [1.29, 1.82) is 0 Å². The normalized spacial score (nSPS) is 10.6. The van der Waals surface area contributed by atoms with Crippen LogP contribution in [0.3, 0.4) is 0 Å². The Morgan fingerprint density at radius 1 is 1.08 bits per heavy atom. The first-order valence-corrected chi connectivity index (χ1v) is 8.15. The highest BCUT2D eigenvalue weighted by molar-refractivity contribution is 6.03. The first-order chi connectivity index (χ1) is 12.1. The molecule has 128 valence electrons. The second kappa shape index (κ2) is 7.61. The number of benzene rings is 2. The first-order valence-electron chi connectivity index (χ1n) is 8.15. The van der Waals surface area contributed by atoms with Crippen LogP contribution in [0.25, 0.3) is 10.8 Å². The summed E-state index contributed by atoms with van der Waals surface area (Å²) in [6.07, 6.45) is 3.90. The van der Waals surface area contributed by atoms with E-state index in [9.17, 15) is 9.59 Å². The molecule has 6 heteroatoms. The Bertz CT molecular complexity index is 896. The van der Waals surface area contributed by atoms with E-state index in [2.05, 4.69) is 15.7 Å². The average Bonchev–Trinajstić information content (AvgIpc) is 3.04. The van der Waals surface area contributed by atoms with E-state index in [0.717, 1.165) is 22.0 Å². The fourth-order valence-corrected chi connectivity index (χ4v) is 2.60. The summed E-state index contributed by atoms with van der Waals surface area (Å²) in [5, 5.41) is 11.6. The molecule has 25 heavy (non-hydrogen) atoms. The molecule has 0 spiro atoms. The smallest absolute Gasteiger partial charge is 0.243 e. The van der Waals surface area contributed by atoms with Crippen molar-refractivity contribution in [3.05, 3.63) is 60.4 Å². The quantitative estimate of drug-likeness (QED) is 0.726. The summed E-state index contributed by atoms with van der Waals surface area (Å²) in [5.41, 5.74) is 1.79. The standard InChI is InChI=1S/C19H20N4O2/c1-14-11-21-23(13-14)10-9-18(24)20-12-19(25)22-17-8-4-6-15-5-2-3-7-16(15)17/h2-8,11,13H,9-10,12H2,1H3,(H,20,24)(H,22,25). The molecule has 1 aromatic heterocycles. The number of amides is 2. The number of hydrogen-bond acceptors (Lipinski definition) is 3. The van der Waals surface area contributed by atoms with Crippen LogP contribution in [0, 0.1) is 6.92 Å². The lowest BCUT2D eigenvalue weighted by Gasteiger charge is -2.09. The fraction of sp³-hybridized carbons (Fsp3) is 0.211. The van der Waals surface area contributed by atoms with E-state index >= 15 is 0 Å². The number of nitrogens with one attached hydrogen (secondary N) is 2. The van der Waals surface area contributed by atoms with Gasteiger partial charge in [-0.3, -0.25) is 14.3 Å². The van der Waals surface area contributed by atoms with Crippen LogP contribution in [0.1, 0.15) is 12.0 Å². The van der Waals surface area contributed by atoms with Crippen molar-refractivity contribution >= 4 is 28.3 Å². The van der Waals surface area contributed by atoms with Gasteiger partial charge in [0.05, 0.1) is 12.7 Å². The summed E-state index contributed by atoms with van der Waals surface area (Å²) < 4.78 is 1.71. The Labute approximate surface area is 145 Å². The molecule has 1 heterocycles. The van der Waals surface area contributed by atoms with Gasteiger partial charge in [-0.15, -0.1) is 0 Å². The molecule has 6 nitrogen and oxygen atoms in total. The van der Waals surface area contributed by atoms with Gasteiger partial charge in [0, 0.05) is 30.2 Å². The lowest BCUT2D eigenvalue weighted by Crippen LogP contribution is -2.33. The number of nitrogens with zero attached hydrogens (tertiary/aromatic N) is 2. The zero-order valence-electron chi connectivity index (χ0n) is 14.0. The van der Waals surface area contributed by atoms with Crippen molar-refractivity contribution in [2.45, 2.75) is 19.9 Å². The third kappa shape index (κ3) is 4.44. The molecule has 2 amide bonds. The van der Waals surface area contributed by atoms with E-state index in [1.54, 1.807) is 10.9 Å². The Kier molecular flexibility index (Phi) is 5.09. The van der Waals surface area contributed by atoms with Gasteiger partial charge in [0.1, 0.15) is 0 Å². The van der Waals surface area contributed by atoms with Gasteiger partial charge in [-0.25, -0.2) is 0 Å². The van der Waals surface area contributed by atoms with Gasteiger partial charge in [0.2, 0.25) is 11.8 Å². The molecule has 3 aromatic rings. The molecule has 0 saturated heterocycles. The van der Waals surface area contributed by atoms with Gasteiger partial charge >= 0.3 is 0 Å². The van der Waals surface area contributed by atoms with E-state index in [0.29, 0.717) is 6.54 Å². The number of carbonyl (C=O) groups is 2. The molecule has 0 atom stereocenters. The van der Waals surface area contributed by atoms with Gasteiger partial charge in [0.25, 0.3) is 0 Å². The Morgan fingerprint density at radius 2 is 1.88 bits per heavy atom. The average molecular weight is 336 g/mol. The number of anilines is 1. The van der Waals surface area contributed by atoms with Crippen molar-refractivity contribution in [3.8, 4) is 0 Å². The van der Waals surface area contributed by atoms with Gasteiger partial charge in [-0.05, 0) is 23.9 Å². The minimum Gasteiger partial charge on any atom is -0.347 e. The maximum atomic E-state index is 12.1. The molecule has 0 aliphatic rings. The van der Waals surface area contributed by atoms with E-state index in [1.165, 1.54) is 0 Å². The van der Waals surface area contributed by atoms with Crippen LogP contribution in [-0.2, 0) is 16.1 Å².